The molecule has 0 aliphatic rings. The topological polar surface area (TPSA) is 54.2 Å². The summed E-state index contributed by atoms with van der Waals surface area (Å²) in [5.41, 5.74) is 1.30. The van der Waals surface area contributed by atoms with E-state index in [1.165, 1.54) is 5.56 Å². The average molecular weight is 393 g/mol. The summed E-state index contributed by atoms with van der Waals surface area (Å²) in [5, 5.41) is 10.8. The van der Waals surface area contributed by atoms with E-state index in [-0.39, 0.29) is 29.5 Å². The largest absolute Gasteiger partial charge is 0.357 e. The van der Waals surface area contributed by atoms with Crippen molar-refractivity contribution in [2.75, 3.05) is 13.1 Å². The van der Waals surface area contributed by atoms with Gasteiger partial charge in [0.15, 0.2) is 5.96 Å². The summed E-state index contributed by atoms with van der Waals surface area (Å²) in [7, 11) is 1.94. The van der Waals surface area contributed by atoms with Gasteiger partial charge in [0, 0.05) is 31.9 Å². The first-order valence-electron chi connectivity index (χ1n) is 6.95. The molecule has 2 N–H and O–H groups in total. The van der Waals surface area contributed by atoms with Crippen molar-refractivity contribution < 1.29 is 0 Å². The van der Waals surface area contributed by atoms with E-state index < -0.39 is 0 Å². The average Bonchev–Trinajstić information content (AvgIpc) is 2.68. The number of aryl methyl sites for hydroxylation is 2. The van der Waals surface area contributed by atoms with Gasteiger partial charge in [0.25, 0.3) is 0 Å². The standard InChI is InChI=1S/C14H27N5.HI/c1-6-15-13(18-14(2,3)4)16-9-7-8-12-10-17-19(5)11-12;/h10-11H,6-9H2,1-5H3,(H2,15,16,18);1H. The van der Waals surface area contributed by atoms with Gasteiger partial charge in [-0.25, -0.2) is 0 Å². The Bertz CT molecular complexity index is 406. The minimum Gasteiger partial charge on any atom is -0.357 e. The lowest BCUT2D eigenvalue weighted by atomic mass is 10.1. The van der Waals surface area contributed by atoms with Crippen molar-refractivity contribution in [2.24, 2.45) is 12.0 Å². The molecule has 0 fully saturated rings. The first-order valence-corrected chi connectivity index (χ1v) is 6.95. The van der Waals surface area contributed by atoms with Gasteiger partial charge in [0.1, 0.15) is 0 Å². The van der Waals surface area contributed by atoms with E-state index in [4.69, 9.17) is 0 Å². The number of aromatic nitrogens is 2. The first-order chi connectivity index (χ1) is 8.90. The van der Waals surface area contributed by atoms with Gasteiger partial charge in [-0.2, -0.15) is 5.10 Å². The maximum atomic E-state index is 4.59. The predicted octanol–water partition coefficient (Wildman–Crippen LogP) is 2.32. The van der Waals surface area contributed by atoms with Gasteiger partial charge in [0.2, 0.25) is 0 Å². The molecule has 0 bridgehead atoms. The van der Waals surface area contributed by atoms with Gasteiger partial charge in [-0.15, -0.1) is 24.0 Å². The molecule has 1 heterocycles. The third-order valence-electron chi connectivity index (χ3n) is 2.49. The molecule has 5 nitrogen and oxygen atoms in total. The lowest BCUT2D eigenvalue weighted by Gasteiger charge is -2.23. The quantitative estimate of drug-likeness (QED) is 0.350. The van der Waals surface area contributed by atoms with Crippen molar-refractivity contribution in [3.05, 3.63) is 18.0 Å². The summed E-state index contributed by atoms with van der Waals surface area (Å²) in [6, 6.07) is 0. The minimum atomic E-state index is 0. The van der Waals surface area contributed by atoms with Crippen LogP contribution in [0.3, 0.4) is 0 Å². The zero-order chi connectivity index (χ0) is 14.3. The van der Waals surface area contributed by atoms with Crippen LogP contribution >= 0.6 is 24.0 Å². The molecule has 0 aromatic carbocycles. The summed E-state index contributed by atoms with van der Waals surface area (Å²) in [5.74, 6) is 0.890. The summed E-state index contributed by atoms with van der Waals surface area (Å²) < 4.78 is 1.84. The van der Waals surface area contributed by atoms with Crippen LogP contribution in [-0.2, 0) is 13.5 Å². The Kier molecular flexibility index (Phi) is 8.84. The first kappa shape index (κ1) is 19.2. The lowest BCUT2D eigenvalue weighted by molar-refractivity contribution is 0.501. The van der Waals surface area contributed by atoms with Crippen LogP contribution < -0.4 is 10.6 Å². The van der Waals surface area contributed by atoms with E-state index in [0.717, 1.165) is 31.9 Å². The number of nitrogens with zero attached hydrogens (tertiary/aromatic N) is 3. The third kappa shape index (κ3) is 8.39. The molecule has 0 radical (unpaired) electrons. The molecular formula is C14H28IN5. The molecular weight excluding hydrogens is 365 g/mol. The number of rotatable bonds is 5. The van der Waals surface area contributed by atoms with Crippen LogP contribution in [0.15, 0.2) is 17.4 Å². The molecule has 116 valence electrons. The normalized spacial score (nSPS) is 11.9. The van der Waals surface area contributed by atoms with Crippen LogP contribution in [0.25, 0.3) is 0 Å². The van der Waals surface area contributed by atoms with Crippen LogP contribution in [-0.4, -0.2) is 34.4 Å². The Morgan fingerprint density at radius 3 is 2.60 bits per heavy atom. The summed E-state index contributed by atoms with van der Waals surface area (Å²) in [4.78, 5) is 4.59. The van der Waals surface area contributed by atoms with Crippen LogP contribution in [0, 0.1) is 0 Å². The second-order valence-corrected chi connectivity index (χ2v) is 5.76. The van der Waals surface area contributed by atoms with Gasteiger partial charge in [0.05, 0.1) is 6.20 Å². The van der Waals surface area contributed by atoms with Gasteiger partial charge in [-0.05, 0) is 46.1 Å². The smallest absolute Gasteiger partial charge is 0.191 e. The third-order valence-corrected chi connectivity index (χ3v) is 2.49. The molecule has 1 aromatic rings. The van der Waals surface area contributed by atoms with E-state index in [1.54, 1.807) is 0 Å². The Morgan fingerprint density at radius 2 is 2.10 bits per heavy atom. The van der Waals surface area contributed by atoms with Crippen LogP contribution in [0.5, 0.6) is 0 Å². The predicted molar refractivity (Wildman–Crippen MR) is 95.8 cm³/mol. The zero-order valence-electron chi connectivity index (χ0n) is 13.2. The Morgan fingerprint density at radius 1 is 1.40 bits per heavy atom. The van der Waals surface area contributed by atoms with Crippen LogP contribution in [0.4, 0.5) is 0 Å². The number of aliphatic imine (C=N–C) groups is 1. The van der Waals surface area contributed by atoms with E-state index in [2.05, 4.69) is 54.6 Å². The number of hydrogen-bond donors (Lipinski definition) is 2. The van der Waals surface area contributed by atoms with E-state index in [1.807, 2.05) is 17.9 Å². The highest BCUT2D eigenvalue weighted by Gasteiger charge is 2.11. The molecule has 20 heavy (non-hydrogen) atoms. The van der Waals surface area contributed by atoms with Crippen molar-refractivity contribution in [2.45, 2.75) is 46.1 Å². The van der Waals surface area contributed by atoms with Crippen molar-refractivity contribution in [3.63, 3.8) is 0 Å². The van der Waals surface area contributed by atoms with Gasteiger partial charge in [-0.1, -0.05) is 0 Å². The molecule has 0 aliphatic heterocycles. The maximum absolute atomic E-state index is 4.59. The highest BCUT2D eigenvalue weighted by Crippen LogP contribution is 2.01. The van der Waals surface area contributed by atoms with Crippen molar-refractivity contribution >= 4 is 29.9 Å². The van der Waals surface area contributed by atoms with Crippen LogP contribution in [0.1, 0.15) is 39.7 Å². The molecule has 0 unspecified atom stereocenters. The summed E-state index contributed by atoms with van der Waals surface area (Å²) in [6.07, 6.45) is 6.03. The highest BCUT2D eigenvalue weighted by atomic mass is 127. The van der Waals surface area contributed by atoms with Gasteiger partial charge in [-0.3, -0.25) is 9.67 Å². The molecule has 0 saturated heterocycles. The number of nitrogens with one attached hydrogen (secondary N) is 2. The number of halogens is 1. The van der Waals surface area contributed by atoms with Crippen molar-refractivity contribution in [1.29, 1.82) is 0 Å². The summed E-state index contributed by atoms with van der Waals surface area (Å²) in [6.45, 7) is 10.2. The monoisotopic (exact) mass is 393 g/mol. The van der Waals surface area contributed by atoms with E-state index in [0.29, 0.717) is 0 Å². The molecule has 0 spiro atoms. The van der Waals surface area contributed by atoms with Crippen molar-refractivity contribution in [3.8, 4) is 0 Å². The van der Waals surface area contributed by atoms with E-state index in [9.17, 15) is 0 Å². The lowest BCUT2D eigenvalue weighted by Crippen LogP contribution is -2.47. The Labute approximate surface area is 139 Å². The molecule has 0 aliphatic carbocycles. The fourth-order valence-corrected chi connectivity index (χ4v) is 1.74. The van der Waals surface area contributed by atoms with Gasteiger partial charge < -0.3 is 10.6 Å². The number of hydrogen-bond acceptors (Lipinski definition) is 2. The maximum Gasteiger partial charge on any atom is 0.191 e. The van der Waals surface area contributed by atoms with Gasteiger partial charge >= 0.3 is 0 Å². The van der Waals surface area contributed by atoms with Crippen LogP contribution in [0.2, 0.25) is 0 Å². The highest BCUT2D eigenvalue weighted by molar-refractivity contribution is 14.0. The SMILES string of the molecule is CCNC(=NCCCc1cnn(C)c1)NC(C)(C)C.I. The Hall–Kier alpha value is -0.790. The molecule has 0 atom stereocenters. The minimum absolute atomic E-state index is 0. The fraction of sp³-hybridized carbons (Fsp3) is 0.714. The second kappa shape index (κ2) is 9.20. The van der Waals surface area contributed by atoms with E-state index >= 15 is 0 Å². The fourth-order valence-electron chi connectivity index (χ4n) is 1.74. The number of guanidine groups is 1. The molecule has 6 heteroatoms. The van der Waals surface area contributed by atoms with Crippen molar-refractivity contribution in [1.82, 2.24) is 20.4 Å². The molecule has 1 rings (SSSR count). The molecule has 0 amide bonds. The molecule has 0 saturated carbocycles. The zero-order valence-corrected chi connectivity index (χ0v) is 15.6. The summed E-state index contributed by atoms with van der Waals surface area (Å²) >= 11 is 0. The molecule has 1 aromatic heterocycles. The second-order valence-electron chi connectivity index (χ2n) is 5.76. The Balaban J connectivity index is 0.00000361.